The maximum atomic E-state index is 11.5. The number of likely N-dealkylation sites (N-methyl/N-ethyl adjacent to an activating group) is 1. The summed E-state index contributed by atoms with van der Waals surface area (Å²) >= 11 is 0. The van der Waals surface area contributed by atoms with Crippen LogP contribution < -0.4 is 0 Å². The Morgan fingerprint density at radius 1 is 1.64 bits per heavy atom. The molecule has 0 saturated carbocycles. The highest BCUT2D eigenvalue weighted by molar-refractivity contribution is 5.86. The van der Waals surface area contributed by atoms with Gasteiger partial charge in [-0.3, -0.25) is 14.6 Å². The molecule has 6 nitrogen and oxygen atoms in total. The summed E-state index contributed by atoms with van der Waals surface area (Å²) in [7, 11) is 1.33. The zero-order valence-corrected chi connectivity index (χ0v) is 7.80. The van der Waals surface area contributed by atoms with Crippen LogP contribution in [0.25, 0.3) is 0 Å². The van der Waals surface area contributed by atoms with E-state index in [2.05, 4.69) is 0 Å². The monoisotopic (exact) mass is 197 g/mol. The Hall–Kier alpha value is -1.77. The summed E-state index contributed by atoms with van der Waals surface area (Å²) in [6.45, 7) is 0.366. The number of hydrogen-bond donors (Lipinski definition) is 1. The first-order chi connectivity index (χ1) is 6.57. The van der Waals surface area contributed by atoms with Crippen LogP contribution in [0, 0.1) is 11.5 Å². The lowest BCUT2D eigenvalue weighted by Gasteiger charge is -2.21. The van der Waals surface area contributed by atoms with Crippen molar-refractivity contribution in [3.63, 3.8) is 0 Å². The van der Waals surface area contributed by atoms with E-state index in [9.17, 15) is 9.59 Å². The van der Waals surface area contributed by atoms with Crippen molar-refractivity contribution in [1.82, 2.24) is 9.80 Å². The summed E-state index contributed by atoms with van der Waals surface area (Å²) in [4.78, 5) is 24.1. The molecular formula is C8H11N3O3. The Labute approximate surface area is 81.3 Å². The Bertz CT molecular complexity index is 297. The number of likely N-dealkylation sites (tertiary alicyclic amines) is 1. The third-order valence-corrected chi connectivity index (χ3v) is 2.26. The Kier molecular flexibility index (Phi) is 2.92. The largest absolute Gasteiger partial charge is 0.465 e. The fourth-order valence-electron chi connectivity index (χ4n) is 1.53. The third kappa shape index (κ3) is 1.76. The first kappa shape index (κ1) is 10.3. The average molecular weight is 197 g/mol. The number of nitriles is 1. The van der Waals surface area contributed by atoms with Crippen LogP contribution in [0.5, 0.6) is 0 Å². The fourth-order valence-corrected chi connectivity index (χ4v) is 1.53. The minimum atomic E-state index is -1.10. The van der Waals surface area contributed by atoms with E-state index in [4.69, 9.17) is 10.4 Å². The van der Waals surface area contributed by atoms with Crippen molar-refractivity contribution in [2.24, 2.45) is 0 Å². The molecular weight excluding hydrogens is 186 g/mol. The summed E-state index contributed by atoms with van der Waals surface area (Å²) in [6.07, 6.45) is 1.73. The van der Waals surface area contributed by atoms with Gasteiger partial charge in [-0.2, -0.15) is 5.26 Å². The Morgan fingerprint density at radius 3 is 2.79 bits per heavy atom. The summed E-state index contributed by atoms with van der Waals surface area (Å²) in [5.41, 5.74) is 0. The van der Waals surface area contributed by atoms with Gasteiger partial charge in [0.25, 0.3) is 5.91 Å². The molecule has 0 aromatic rings. The Morgan fingerprint density at radius 2 is 2.29 bits per heavy atom. The molecule has 0 radical (unpaired) electrons. The number of nitrogens with zero attached hydrogens (tertiary/aromatic N) is 3. The zero-order chi connectivity index (χ0) is 10.7. The lowest BCUT2D eigenvalue weighted by atomic mass is 10.2. The highest BCUT2D eigenvalue weighted by Gasteiger charge is 2.35. The van der Waals surface area contributed by atoms with Crippen molar-refractivity contribution >= 4 is 12.0 Å². The van der Waals surface area contributed by atoms with Crippen molar-refractivity contribution in [3.05, 3.63) is 0 Å². The molecule has 0 aliphatic carbocycles. The van der Waals surface area contributed by atoms with Gasteiger partial charge in [0.15, 0.2) is 6.19 Å². The van der Waals surface area contributed by atoms with Gasteiger partial charge in [0.2, 0.25) is 0 Å². The van der Waals surface area contributed by atoms with Crippen LogP contribution in [0.3, 0.4) is 0 Å². The minimum Gasteiger partial charge on any atom is -0.465 e. The van der Waals surface area contributed by atoms with Gasteiger partial charge >= 0.3 is 6.09 Å². The smallest absolute Gasteiger partial charge is 0.407 e. The molecule has 1 aliphatic rings. The number of carbonyl (C=O) groups is 2. The molecule has 0 spiro atoms. The Balaban J connectivity index is 2.73. The van der Waals surface area contributed by atoms with E-state index in [0.717, 1.165) is 9.80 Å². The van der Waals surface area contributed by atoms with Crippen LogP contribution in [-0.4, -0.2) is 46.5 Å². The molecule has 0 unspecified atom stereocenters. The van der Waals surface area contributed by atoms with Gasteiger partial charge in [0, 0.05) is 13.6 Å². The summed E-state index contributed by atoms with van der Waals surface area (Å²) < 4.78 is 0. The summed E-state index contributed by atoms with van der Waals surface area (Å²) in [5.74, 6) is -0.451. The molecule has 0 aromatic carbocycles. The van der Waals surface area contributed by atoms with Crippen LogP contribution in [0.1, 0.15) is 12.8 Å². The highest BCUT2D eigenvalue weighted by atomic mass is 16.4. The summed E-state index contributed by atoms with van der Waals surface area (Å²) in [5, 5.41) is 17.2. The minimum absolute atomic E-state index is 0.366. The molecule has 0 bridgehead atoms. The van der Waals surface area contributed by atoms with Gasteiger partial charge in [-0.15, -0.1) is 0 Å². The second kappa shape index (κ2) is 3.96. The molecule has 76 valence electrons. The second-order valence-electron chi connectivity index (χ2n) is 3.13. The van der Waals surface area contributed by atoms with Crippen LogP contribution in [0.15, 0.2) is 0 Å². The van der Waals surface area contributed by atoms with Crippen LogP contribution in [-0.2, 0) is 4.79 Å². The molecule has 1 fully saturated rings. The van der Waals surface area contributed by atoms with E-state index < -0.39 is 18.0 Å². The van der Waals surface area contributed by atoms with Gasteiger partial charge in [0.1, 0.15) is 6.04 Å². The molecule has 0 aromatic heterocycles. The van der Waals surface area contributed by atoms with Gasteiger partial charge < -0.3 is 5.11 Å². The molecule has 1 aliphatic heterocycles. The number of amides is 2. The lowest BCUT2D eigenvalue weighted by molar-refractivity contribution is -0.131. The molecule has 1 atom stereocenters. The van der Waals surface area contributed by atoms with Crippen molar-refractivity contribution in [2.75, 3.05) is 13.6 Å². The standard InChI is InChI=1S/C8H11N3O3/c1-10(5-9)7(12)6-3-2-4-11(6)8(13)14/h6H,2-4H2,1H3,(H,13,14)/t6-/m0/s1. The molecule has 6 heteroatoms. The van der Waals surface area contributed by atoms with Gasteiger partial charge in [-0.1, -0.05) is 0 Å². The first-order valence-corrected chi connectivity index (χ1v) is 4.24. The maximum Gasteiger partial charge on any atom is 0.407 e. The number of carboxylic acid groups (broad SMARTS) is 1. The predicted molar refractivity (Wildman–Crippen MR) is 46.1 cm³/mol. The van der Waals surface area contributed by atoms with E-state index in [1.54, 1.807) is 6.19 Å². The normalized spacial score (nSPS) is 20.3. The van der Waals surface area contributed by atoms with Crippen molar-refractivity contribution in [1.29, 1.82) is 5.26 Å². The molecule has 1 rings (SSSR count). The van der Waals surface area contributed by atoms with Crippen molar-refractivity contribution < 1.29 is 14.7 Å². The van der Waals surface area contributed by atoms with Crippen LogP contribution in [0.2, 0.25) is 0 Å². The molecule has 1 saturated heterocycles. The highest BCUT2D eigenvalue weighted by Crippen LogP contribution is 2.18. The molecule has 1 heterocycles. The maximum absolute atomic E-state index is 11.5. The van der Waals surface area contributed by atoms with Gasteiger partial charge in [0.05, 0.1) is 0 Å². The van der Waals surface area contributed by atoms with E-state index >= 15 is 0 Å². The molecule has 2 amide bonds. The third-order valence-electron chi connectivity index (χ3n) is 2.26. The second-order valence-corrected chi connectivity index (χ2v) is 3.13. The first-order valence-electron chi connectivity index (χ1n) is 4.24. The SMILES string of the molecule is CN(C#N)C(=O)[C@@H]1CCCN1C(=O)O. The van der Waals surface area contributed by atoms with Gasteiger partial charge in [-0.05, 0) is 12.8 Å². The average Bonchev–Trinajstić information content (AvgIpc) is 2.63. The quantitative estimate of drug-likeness (QED) is 0.476. The molecule has 1 N–H and O–H groups in total. The number of carbonyl (C=O) groups excluding carboxylic acids is 1. The zero-order valence-electron chi connectivity index (χ0n) is 7.80. The number of hydrogen-bond acceptors (Lipinski definition) is 3. The predicted octanol–water partition coefficient (Wildman–Crippen LogP) is 0.0683. The van der Waals surface area contributed by atoms with Crippen LogP contribution >= 0.6 is 0 Å². The van der Waals surface area contributed by atoms with Crippen molar-refractivity contribution in [3.8, 4) is 6.19 Å². The van der Waals surface area contributed by atoms with E-state index in [0.29, 0.717) is 19.4 Å². The summed E-state index contributed by atoms with van der Waals surface area (Å²) in [6, 6.07) is -0.683. The lowest BCUT2D eigenvalue weighted by Crippen LogP contribution is -2.44. The number of rotatable bonds is 1. The van der Waals surface area contributed by atoms with Crippen LogP contribution in [0.4, 0.5) is 4.79 Å². The van der Waals surface area contributed by atoms with E-state index in [1.165, 1.54) is 7.05 Å². The fraction of sp³-hybridized carbons (Fsp3) is 0.625. The van der Waals surface area contributed by atoms with Crippen molar-refractivity contribution in [2.45, 2.75) is 18.9 Å². The van der Waals surface area contributed by atoms with E-state index in [1.807, 2.05) is 0 Å². The topological polar surface area (TPSA) is 84.6 Å². The van der Waals surface area contributed by atoms with E-state index in [-0.39, 0.29) is 0 Å². The molecule has 14 heavy (non-hydrogen) atoms. The van der Waals surface area contributed by atoms with Gasteiger partial charge in [-0.25, -0.2) is 4.79 Å².